The third-order valence-electron chi connectivity index (χ3n) is 4.96. The largest absolute Gasteiger partial charge is 0.369 e. The lowest BCUT2D eigenvalue weighted by Crippen LogP contribution is -2.39. The van der Waals surface area contributed by atoms with Crippen LogP contribution >= 0.6 is 47.3 Å². The number of primary amides is 1. The summed E-state index contributed by atoms with van der Waals surface area (Å²) >= 11 is 7.72. The van der Waals surface area contributed by atoms with Crippen molar-refractivity contribution in [2.75, 3.05) is 45.0 Å². The molecular weight excluding hydrogens is 533 g/mol. The number of thioether (sulfide) groups is 1. The van der Waals surface area contributed by atoms with Gasteiger partial charge in [0.1, 0.15) is 0 Å². The first-order valence-corrected chi connectivity index (χ1v) is 11.9. The van der Waals surface area contributed by atoms with Gasteiger partial charge in [0, 0.05) is 41.2 Å². The van der Waals surface area contributed by atoms with Gasteiger partial charge in [0.15, 0.2) is 5.96 Å². The van der Waals surface area contributed by atoms with E-state index in [1.807, 2.05) is 24.3 Å². The predicted molar refractivity (Wildman–Crippen MR) is 139 cm³/mol. The van der Waals surface area contributed by atoms with Gasteiger partial charge in [-0.3, -0.25) is 9.79 Å². The number of amides is 1. The lowest BCUT2D eigenvalue weighted by Gasteiger charge is -2.30. The maximum Gasteiger partial charge on any atom is 0.220 e. The van der Waals surface area contributed by atoms with Crippen molar-refractivity contribution in [3.05, 3.63) is 29.3 Å². The van der Waals surface area contributed by atoms with Gasteiger partial charge in [-0.15, -0.1) is 35.7 Å². The summed E-state index contributed by atoms with van der Waals surface area (Å²) in [6.45, 7) is 7.63. The number of benzene rings is 1. The number of hydrogen-bond donors (Lipinski definition) is 3. The van der Waals surface area contributed by atoms with E-state index in [-0.39, 0.29) is 35.8 Å². The summed E-state index contributed by atoms with van der Waals surface area (Å²) in [5, 5.41) is 7.47. The Bertz CT molecular complexity index is 639. The molecule has 0 spiro atoms. The molecule has 2 rings (SSSR count). The first-order chi connectivity index (χ1) is 14.1. The van der Waals surface area contributed by atoms with Crippen molar-refractivity contribution in [1.82, 2.24) is 15.5 Å². The number of guanidine groups is 1. The third kappa shape index (κ3) is 11.1. The molecule has 0 aromatic heterocycles. The number of piperidine rings is 1. The summed E-state index contributed by atoms with van der Waals surface area (Å²) in [7, 11) is 0. The van der Waals surface area contributed by atoms with Crippen LogP contribution in [-0.2, 0) is 4.79 Å². The van der Waals surface area contributed by atoms with Crippen LogP contribution in [0.15, 0.2) is 34.2 Å². The van der Waals surface area contributed by atoms with E-state index in [2.05, 4.69) is 27.4 Å². The van der Waals surface area contributed by atoms with Crippen LogP contribution < -0.4 is 16.4 Å². The smallest absolute Gasteiger partial charge is 0.220 e. The molecule has 1 fully saturated rings. The first kappa shape index (κ1) is 27.3. The number of aliphatic imine (C=N–C) groups is 1. The summed E-state index contributed by atoms with van der Waals surface area (Å²) in [6.07, 6.45) is 3.98. The predicted octanol–water partition coefficient (Wildman–Crippen LogP) is 3.58. The normalized spacial score (nSPS) is 15.5. The van der Waals surface area contributed by atoms with Crippen molar-refractivity contribution >= 4 is 59.2 Å². The Morgan fingerprint density at radius 2 is 1.93 bits per heavy atom. The molecule has 0 atom stereocenters. The van der Waals surface area contributed by atoms with E-state index in [0.717, 1.165) is 81.7 Å². The van der Waals surface area contributed by atoms with Crippen LogP contribution in [0.5, 0.6) is 0 Å². The van der Waals surface area contributed by atoms with Crippen LogP contribution in [0.3, 0.4) is 0 Å². The molecule has 1 aliphatic rings. The summed E-state index contributed by atoms with van der Waals surface area (Å²) in [6, 6.07) is 7.93. The van der Waals surface area contributed by atoms with Gasteiger partial charge < -0.3 is 21.3 Å². The van der Waals surface area contributed by atoms with Crippen LogP contribution in [0.25, 0.3) is 0 Å². The molecule has 0 aliphatic carbocycles. The van der Waals surface area contributed by atoms with Crippen LogP contribution in [0, 0.1) is 5.92 Å². The second-order valence-electron chi connectivity index (χ2n) is 7.22. The molecule has 1 amide bonds. The molecule has 0 bridgehead atoms. The second-order valence-corrected chi connectivity index (χ2v) is 8.82. The van der Waals surface area contributed by atoms with E-state index in [1.54, 1.807) is 11.8 Å². The molecule has 0 unspecified atom stereocenters. The van der Waals surface area contributed by atoms with Crippen molar-refractivity contribution in [1.29, 1.82) is 0 Å². The molecule has 1 aromatic carbocycles. The highest BCUT2D eigenvalue weighted by Gasteiger charge is 2.22. The molecule has 6 nitrogen and oxygen atoms in total. The fourth-order valence-electron chi connectivity index (χ4n) is 3.29. The Balaban J connectivity index is 0.00000450. The van der Waals surface area contributed by atoms with Crippen molar-refractivity contribution in [2.24, 2.45) is 16.6 Å². The van der Waals surface area contributed by atoms with Crippen molar-refractivity contribution in [3.8, 4) is 0 Å². The molecule has 0 radical (unpaired) electrons. The van der Waals surface area contributed by atoms with Gasteiger partial charge in [-0.25, -0.2) is 0 Å². The number of rotatable bonds is 11. The average Bonchev–Trinajstić information content (AvgIpc) is 2.72. The van der Waals surface area contributed by atoms with Gasteiger partial charge in [-0.1, -0.05) is 11.6 Å². The zero-order chi connectivity index (χ0) is 20.9. The molecule has 30 heavy (non-hydrogen) atoms. The summed E-state index contributed by atoms with van der Waals surface area (Å²) < 4.78 is 0. The van der Waals surface area contributed by atoms with Gasteiger partial charge in [-0.05, 0) is 76.5 Å². The molecule has 0 saturated carbocycles. The van der Waals surface area contributed by atoms with E-state index >= 15 is 0 Å². The molecule has 1 saturated heterocycles. The quantitative estimate of drug-likeness (QED) is 0.125. The number of unbranched alkanes of at least 4 members (excludes halogenated alkanes) is 1. The first-order valence-electron chi connectivity index (χ1n) is 10.5. The summed E-state index contributed by atoms with van der Waals surface area (Å²) in [4.78, 5) is 19.6. The van der Waals surface area contributed by atoms with Crippen molar-refractivity contribution < 1.29 is 4.79 Å². The molecule has 9 heteroatoms. The Kier molecular flexibility index (Phi) is 14.6. The van der Waals surface area contributed by atoms with E-state index in [1.165, 1.54) is 4.90 Å². The van der Waals surface area contributed by atoms with Crippen LogP contribution in [0.2, 0.25) is 5.02 Å². The van der Waals surface area contributed by atoms with E-state index < -0.39 is 0 Å². The minimum Gasteiger partial charge on any atom is -0.369 e. The molecule has 1 aromatic rings. The lowest BCUT2D eigenvalue weighted by atomic mass is 9.96. The fourth-order valence-corrected chi connectivity index (χ4v) is 4.18. The molecule has 1 aliphatic heterocycles. The summed E-state index contributed by atoms with van der Waals surface area (Å²) in [5.74, 6) is 1.77. The molecule has 170 valence electrons. The maximum absolute atomic E-state index is 11.2. The van der Waals surface area contributed by atoms with E-state index in [4.69, 9.17) is 17.3 Å². The van der Waals surface area contributed by atoms with Gasteiger partial charge in [0.05, 0.1) is 0 Å². The lowest BCUT2D eigenvalue weighted by molar-refractivity contribution is -0.123. The van der Waals surface area contributed by atoms with Gasteiger partial charge in [0.2, 0.25) is 5.91 Å². The maximum atomic E-state index is 11.2. The molecule has 4 N–H and O–H groups in total. The van der Waals surface area contributed by atoms with Gasteiger partial charge in [0.25, 0.3) is 0 Å². The third-order valence-corrected chi connectivity index (χ3v) is 6.23. The van der Waals surface area contributed by atoms with Gasteiger partial charge in [-0.2, -0.15) is 0 Å². The van der Waals surface area contributed by atoms with Crippen molar-refractivity contribution in [2.45, 2.75) is 37.5 Å². The van der Waals surface area contributed by atoms with Crippen molar-refractivity contribution in [3.63, 3.8) is 0 Å². The van der Waals surface area contributed by atoms with Crippen LogP contribution in [-0.4, -0.2) is 61.8 Å². The van der Waals surface area contributed by atoms with E-state index in [0.29, 0.717) is 0 Å². The molecule has 1 heterocycles. The molecular formula is C21H35ClIN5OS. The fraction of sp³-hybridized carbons (Fsp3) is 0.619. The minimum atomic E-state index is -0.144. The standard InChI is InChI=1S/C21H34ClN5OS.HI/c1-2-24-21(26-12-16-29-19-7-5-18(22)6-8-19)25-11-3-4-13-27-14-9-17(10-15-27)20(23)28;/h5-8,17H,2-4,9-16H2,1H3,(H2,23,28)(H2,24,25,26);1H. The number of halogens is 2. The number of carbonyl (C=O) groups is 1. The number of nitrogens with two attached hydrogens (primary N) is 1. The van der Waals surface area contributed by atoms with Crippen LogP contribution in [0.1, 0.15) is 32.6 Å². The summed E-state index contributed by atoms with van der Waals surface area (Å²) in [5.41, 5.74) is 5.39. The Hall–Kier alpha value is -0.710. The number of nitrogens with zero attached hydrogens (tertiary/aromatic N) is 2. The Morgan fingerprint density at radius 3 is 2.57 bits per heavy atom. The number of nitrogens with one attached hydrogen (secondary N) is 2. The zero-order valence-corrected chi connectivity index (χ0v) is 21.6. The Labute approximate surface area is 207 Å². The monoisotopic (exact) mass is 567 g/mol. The zero-order valence-electron chi connectivity index (χ0n) is 17.7. The van der Waals surface area contributed by atoms with E-state index in [9.17, 15) is 4.79 Å². The van der Waals surface area contributed by atoms with Crippen LogP contribution in [0.4, 0.5) is 0 Å². The highest BCUT2D eigenvalue weighted by atomic mass is 127. The highest BCUT2D eigenvalue weighted by molar-refractivity contribution is 14.0. The minimum absolute atomic E-state index is 0. The topological polar surface area (TPSA) is 82.8 Å². The SMILES string of the molecule is CCNC(=NCCCCN1CCC(C(N)=O)CC1)NCCSc1ccc(Cl)cc1.I. The second kappa shape index (κ2) is 16.0. The number of hydrogen-bond acceptors (Lipinski definition) is 4. The number of carbonyl (C=O) groups excluding carboxylic acids is 1. The highest BCUT2D eigenvalue weighted by Crippen LogP contribution is 2.19. The average molecular weight is 568 g/mol. The number of likely N-dealkylation sites (tertiary alicyclic amines) is 1. The Morgan fingerprint density at radius 1 is 1.23 bits per heavy atom. The van der Waals surface area contributed by atoms with Gasteiger partial charge >= 0.3 is 0 Å².